The number of ether oxygens (including phenoxy) is 3. The second-order valence-electron chi connectivity index (χ2n) is 9.43. The number of rotatable bonds is 3. The molecule has 0 bridgehead atoms. The highest BCUT2D eigenvalue weighted by atomic mass is 16.5. The fraction of sp³-hybridized carbons (Fsp3) is 0.100. The summed E-state index contributed by atoms with van der Waals surface area (Å²) < 4.78 is 15.2. The molecule has 39 heavy (non-hydrogen) atoms. The molecule has 0 atom stereocenters. The molecule has 0 unspecified atom stereocenters. The number of fused-ring (bicyclic) bond motifs is 12. The number of carbonyl (C=O) groups is 3. The van der Waals surface area contributed by atoms with Crippen molar-refractivity contribution < 1.29 is 28.6 Å². The van der Waals surface area contributed by atoms with Gasteiger partial charge in [0.1, 0.15) is 5.75 Å². The molecule has 3 N–H and O–H groups in total. The minimum atomic E-state index is -0.421. The number of hydrogen-bond acceptors (Lipinski definition) is 6. The second kappa shape index (κ2) is 8.09. The van der Waals surface area contributed by atoms with Crippen LogP contribution in [-0.4, -0.2) is 47.1 Å². The summed E-state index contributed by atoms with van der Waals surface area (Å²) in [6.45, 7) is 1.37. The number of aromatic amines is 3. The lowest BCUT2D eigenvalue weighted by atomic mass is 10.0. The molecule has 192 valence electrons. The van der Waals surface area contributed by atoms with E-state index in [4.69, 9.17) is 14.2 Å². The Bertz CT molecular complexity index is 2200. The summed E-state index contributed by atoms with van der Waals surface area (Å²) in [5, 5.41) is 5.70. The third-order valence-corrected chi connectivity index (χ3v) is 7.22. The van der Waals surface area contributed by atoms with Crippen LogP contribution in [0.4, 0.5) is 0 Å². The predicted octanol–water partition coefficient (Wildman–Crippen LogP) is 6.09. The van der Waals surface area contributed by atoms with E-state index in [1.807, 2.05) is 24.3 Å². The van der Waals surface area contributed by atoms with Crippen molar-refractivity contribution in [3.63, 3.8) is 0 Å². The second-order valence-corrected chi connectivity index (χ2v) is 9.43. The van der Waals surface area contributed by atoms with E-state index < -0.39 is 17.9 Å². The summed E-state index contributed by atoms with van der Waals surface area (Å²) in [6.07, 6.45) is 0. The number of carbonyl (C=O) groups excluding carboxylic acids is 3. The van der Waals surface area contributed by atoms with Crippen molar-refractivity contribution in [3.05, 3.63) is 65.7 Å². The van der Waals surface area contributed by atoms with E-state index in [9.17, 15) is 14.4 Å². The number of hydrogen-bond donors (Lipinski definition) is 3. The number of benzene rings is 4. The van der Waals surface area contributed by atoms with Crippen molar-refractivity contribution in [1.29, 1.82) is 0 Å². The molecule has 0 aliphatic carbocycles. The molecule has 3 aromatic heterocycles. The minimum absolute atomic E-state index is 0.397. The van der Waals surface area contributed by atoms with Crippen molar-refractivity contribution in [2.24, 2.45) is 0 Å². The van der Waals surface area contributed by atoms with Gasteiger partial charge in [-0.25, -0.2) is 9.59 Å². The Morgan fingerprint density at radius 1 is 0.590 bits per heavy atom. The number of methoxy groups -OCH3 is 2. The molecular formula is C30H21N3O6. The Morgan fingerprint density at radius 2 is 1.05 bits per heavy atom. The van der Waals surface area contributed by atoms with Crippen molar-refractivity contribution >= 4 is 83.3 Å². The highest BCUT2D eigenvalue weighted by Crippen LogP contribution is 2.45. The SMILES string of the molecule is COC(=O)c1ccc2c(c1)[nH]c1c3[nH]c4cc(C(=O)OC)ccc4c3c3c4ccc(OC(C)=O)cc4[nH]c3c21. The molecule has 9 heteroatoms. The Kier molecular flexibility index (Phi) is 4.74. The maximum Gasteiger partial charge on any atom is 0.337 e. The zero-order chi connectivity index (χ0) is 27.0. The molecule has 7 aromatic rings. The zero-order valence-electron chi connectivity index (χ0n) is 21.1. The van der Waals surface area contributed by atoms with Crippen molar-refractivity contribution in [3.8, 4) is 5.75 Å². The van der Waals surface area contributed by atoms with Crippen LogP contribution in [0.15, 0.2) is 54.6 Å². The van der Waals surface area contributed by atoms with Crippen molar-refractivity contribution in [2.75, 3.05) is 14.2 Å². The summed E-state index contributed by atoms with van der Waals surface area (Å²) in [7, 11) is 2.71. The van der Waals surface area contributed by atoms with E-state index >= 15 is 0 Å². The molecule has 3 heterocycles. The smallest absolute Gasteiger partial charge is 0.337 e. The largest absolute Gasteiger partial charge is 0.465 e. The van der Waals surface area contributed by atoms with Crippen LogP contribution in [0.2, 0.25) is 0 Å². The van der Waals surface area contributed by atoms with Gasteiger partial charge in [-0.05, 0) is 36.4 Å². The number of aromatic nitrogens is 3. The van der Waals surface area contributed by atoms with Crippen LogP contribution in [0.3, 0.4) is 0 Å². The molecule has 0 aliphatic rings. The quantitative estimate of drug-likeness (QED) is 0.192. The van der Waals surface area contributed by atoms with Crippen molar-refractivity contribution in [2.45, 2.75) is 6.92 Å². The van der Waals surface area contributed by atoms with E-state index in [1.165, 1.54) is 21.1 Å². The lowest BCUT2D eigenvalue weighted by Crippen LogP contribution is -2.00. The summed E-state index contributed by atoms with van der Waals surface area (Å²) in [5.41, 5.74) is 5.82. The molecule has 0 fully saturated rings. The van der Waals surface area contributed by atoms with Gasteiger partial charge in [-0.1, -0.05) is 12.1 Å². The maximum atomic E-state index is 12.2. The van der Waals surface area contributed by atoms with E-state index in [1.54, 1.807) is 30.3 Å². The van der Waals surface area contributed by atoms with Gasteiger partial charge in [0.2, 0.25) is 0 Å². The van der Waals surface area contributed by atoms with Crippen LogP contribution in [0.1, 0.15) is 27.6 Å². The summed E-state index contributed by atoms with van der Waals surface area (Å²) in [6, 6.07) is 16.4. The standard InChI is InChI=1S/C30H21N3O6/c1-13(34)39-16-6-9-18-22(12-16)31-26-23(18)24-17-7-4-14(29(35)37-2)10-20(17)32-27(24)28-25(26)19-8-5-15(30(36)38-3)11-21(19)33-28/h4-12,31-33H,1-3H3. The van der Waals surface area contributed by atoms with Gasteiger partial charge in [0.25, 0.3) is 0 Å². The van der Waals surface area contributed by atoms with Gasteiger partial charge >= 0.3 is 17.9 Å². The molecular weight excluding hydrogens is 498 g/mol. The number of esters is 3. The average molecular weight is 520 g/mol. The van der Waals surface area contributed by atoms with E-state index in [0.717, 1.165) is 65.4 Å². The third-order valence-electron chi connectivity index (χ3n) is 7.22. The van der Waals surface area contributed by atoms with Crippen LogP contribution in [0.5, 0.6) is 5.75 Å². The van der Waals surface area contributed by atoms with Gasteiger partial charge in [-0.2, -0.15) is 0 Å². The summed E-state index contributed by atoms with van der Waals surface area (Å²) in [5.74, 6) is -0.795. The lowest BCUT2D eigenvalue weighted by Gasteiger charge is -2.02. The minimum Gasteiger partial charge on any atom is -0.465 e. The van der Waals surface area contributed by atoms with Gasteiger partial charge in [0.15, 0.2) is 0 Å². The first-order valence-corrected chi connectivity index (χ1v) is 12.2. The van der Waals surface area contributed by atoms with Gasteiger partial charge in [0, 0.05) is 56.3 Å². The topological polar surface area (TPSA) is 126 Å². The van der Waals surface area contributed by atoms with Crippen LogP contribution in [0, 0.1) is 0 Å². The molecule has 9 nitrogen and oxygen atoms in total. The Morgan fingerprint density at radius 3 is 1.62 bits per heavy atom. The molecule has 0 radical (unpaired) electrons. The van der Waals surface area contributed by atoms with Crippen molar-refractivity contribution in [1.82, 2.24) is 15.0 Å². The molecule has 0 spiro atoms. The van der Waals surface area contributed by atoms with Gasteiger partial charge in [-0.15, -0.1) is 0 Å². The zero-order valence-corrected chi connectivity index (χ0v) is 21.1. The summed E-state index contributed by atoms with van der Waals surface area (Å²) in [4.78, 5) is 46.6. The first-order chi connectivity index (χ1) is 18.9. The van der Waals surface area contributed by atoms with E-state index in [-0.39, 0.29) is 0 Å². The van der Waals surface area contributed by atoms with E-state index in [0.29, 0.717) is 16.9 Å². The monoisotopic (exact) mass is 519 g/mol. The van der Waals surface area contributed by atoms with Crippen LogP contribution >= 0.6 is 0 Å². The first kappa shape index (κ1) is 22.9. The summed E-state index contributed by atoms with van der Waals surface area (Å²) >= 11 is 0. The Balaban J connectivity index is 1.67. The highest BCUT2D eigenvalue weighted by molar-refractivity contribution is 6.39. The normalized spacial score (nSPS) is 11.8. The maximum absolute atomic E-state index is 12.2. The molecule has 0 aliphatic heterocycles. The first-order valence-electron chi connectivity index (χ1n) is 12.2. The van der Waals surface area contributed by atoms with Gasteiger partial charge in [0.05, 0.1) is 47.4 Å². The lowest BCUT2D eigenvalue weighted by molar-refractivity contribution is -0.131. The average Bonchev–Trinajstić information content (AvgIpc) is 3.61. The van der Waals surface area contributed by atoms with Crippen LogP contribution < -0.4 is 4.74 Å². The third kappa shape index (κ3) is 3.23. The fourth-order valence-corrected chi connectivity index (χ4v) is 5.63. The highest BCUT2D eigenvalue weighted by Gasteiger charge is 2.22. The van der Waals surface area contributed by atoms with Gasteiger partial charge in [-0.3, -0.25) is 4.79 Å². The molecule has 0 saturated heterocycles. The Labute approximate surface area is 219 Å². The predicted molar refractivity (Wildman–Crippen MR) is 149 cm³/mol. The molecule has 0 amide bonds. The van der Waals surface area contributed by atoms with Gasteiger partial charge < -0.3 is 29.2 Å². The number of H-pyrrole nitrogens is 3. The number of nitrogens with one attached hydrogen (secondary N) is 3. The Hall–Kier alpha value is -5.31. The van der Waals surface area contributed by atoms with Crippen LogP contribution in [-0.2, 0) is 14.3 Å². The molecule has 0 saturated carbocycles. The van der Waals surface area contributed by atoms with E-state index in [2.05, 4.69) is 15.0 Å². The molecule has 7 rings (SSSR count). The fourth-order valence-electron chi connectivity index (χ4n) is 5.63. The van der Waals surface area contributed by atoms with Crippen LogP contribution in [0.25, 0.3) is 65.4 Å². The molecule has 4 aromatic carbocycles.